The predicted molar refractivity (Wildman–Crippen MR) is 64.8 cm³/mol. The molecule has 0 unspecified atom stereocenters. The van der Waals surface area contributed by atoms with E-state index in [4.69, 9.17) is 9.68 Å². The van der Waals surface area contributed by atoms with Crippen molar-refractivity contribution in [3.05, 3.63) is 59.5 Å². The number of carbonyl (C=O) groups is 2. The first-order valence-corrected chi connectivity index (χ1v) is 5.35. The fourth-order valence-corrected chi connectivity index (χ4v) is 1.39. The molecule has 2 rings (SSSR count). The first kappa shape index (κ1) is 12.4. The summed E-state index contributed by atoms with van der Waals surface area (Å²) in [4.78, 5) is 23.2. The molecule has 0 radical (unpaired) electrons. The van der Waals surface area contributed by atoms with Crippen LogP contribution in [0.15, 0.2) is 47.1 Å². The predicted octanol–water partition coefficient (Wildman–Crippen LogP) is 1.23. The standard InChI is InChI=1S/C13H9N3O3/c14-8-9-3-1-4-10(7-9)12(17)15-16-13(18)11-5-2-6-19-11/h1-7H,(H,15,17)(H,16,18). The summed E-state index contributed by atoms with van der Waals surface area (Å²) in [6.07, 6.45) is 1.35. The van der Waals surface area contributed by atoms with E-state index in [0.29, 0.717) is 5.56 Å². The van der Waals surface area contributed by atoms with Gasteiger partial charge in [-0.15, -0.1) is 0 Å². The number of nitriles is 1. The second kappa shape index (κ2) is 5.51. The Bertz CT molecular complexity index is 641. The Balaban J connectivity index is 1.98. The molecule has 19 heavy (non-hydrogen) atoms. The third-order valence-electron chi connectivity index (χ3n) is 2.29. The van der Waals surface area contributed by atoms with Crippen LogP contribution in [0.1, 0.15) is 26.5 Å². The monoisotopic (exact) mass is 255 g/mol. The Labute approximate surface area is 108 Å². The molecule has 94 valence electrons. The third-order valence-corrected chi connectivity index (χ3v) is 2.29. The number of hydrogen-bond acceptors (Lipinski definition) is 4. The molecule has 2 aromatic rings. The van der Waals surface area contributed by atoms with Gasteiger partial charge >= 0.3 is 5.91 Å². The minimum absolute atomic E-state index is 0.0890. The Morgan fingerprint density at radius 2 is 1.89 bits per heavy atom. The summed E-state index contributed by atoms with van der Waals surface area (Å²) in [5.74, 6) is -0.988. The van der Waals surface area contributed by atoms with Crippen LogP contribution in [0.2, 0.25) is 0 Å². The van der Waals surface area contributed by atoms with Gasteiger partial charge in [-0.2, -0.15) is 5.26 Å². The van der Waals surface area contributed by atoms with E-state index in [1.54, 1.807) is 18.2 Å². The molecule has 0 spiro atoms. The number of hydrazine groups is 1. The molecule has 6 nitrogen and oxygen atoms in total. The van der Waals surface area contributed by atoms with Gasteiger partial charge in [0.25, 0.3) is 5.91 Å². The van der Waals surface area contributed by atoms with E-state index < -0.39 is 11.8 Å². The van der Waals surface area contributed by atoms with Crippen LogP contribution in [0.5, 0.6) is 0 Å². The average molecular weight is 255 g/mol. The summed E-state index contributed by atoms with van der Waals surface area (Å²) in [5.41, 5.74) is 5.08. The molecule has 0 fully saturated rings. The van der Waals surface area contributed by atoms with Crippen LogP contribution >= 0.6 is 0 Å². The summed E-state index contributed by atoms with van der Waals surface area (Å²) in [5, 5.41) is 8.72. The normalized spacial score (nSPS) is 9.42. The maximum atomic E-state index is 11.7. The van der Waals surface area contributed by atoms with Gasteiger partial charge in [0.15, 0.2) is 5.76 Å². The van der Waals surface area contributed by atoms with Crippen LogP contribution < -0.4 is 10.9 Å². The van der Waals surface area contributed by atoms with Gasteiger partial charge in [-0.3, -0.25) is 20.4 Å². The molecule has 2 amide bonds. The summed E-state index contributed by atoms with van der Waals surface area (Å²) >= 11 is 0. The third kappa shape index (κ3) is 2.98. The van der Waals surface area contributed by atoms with Crippen molar-refractivity contribution in [1.82, 2.24) is 10.9 Å². The second-order valence-corrected chi connectivity index (χ2v) is 3.58. The van der Waals surface area contributed by atoms with E-state index >= 15 is 0 Å². The van der Waals surface area contributed by atoms with Crippen LogP contribution in [-0.2, 0) is 0 Å². The lowest BCUT2D eigenvalue weighted by Crippen LogP contribution is -2.41. The number of carbonyl (C=O) groups excluding carboxylic acids is 2. The van der Waals surface area contributed by atoms with Crippen molar-refractivity contribution in [3.8, 4) is 6.07 Å². The highest BCUT2D eigenvalue weighted by atomic mass is 16.3. The van der Waals surface area contributed by atoms with Gasteiger partial charge in [0, 0.05) is 5.56 Å². The Kier molecular flexibility index (Phi) is 3.59. The van der Waals surface area contributed by atoms with Gasteiger partial charge in [0.2, 0.25) is 0 Å². The molecule has 2 N–H and O–H groups in total. The lowest BCUT2D eigenvalue weighted by molar-refractivity contribution is 0.0831. The maximum Gasteiger partial charge on any atom is 0.305 e. The van der Waals surface area contributed by atoms with Gasteiger partial charge in [0.1, 0.15) is 0 Å². The van der Waals surface area contributed by atoms with Crippen LogP contribution in [0, 0.1) is 11.3 Å². The van der Waals surface area contributed by atoms with Crippen LogP contribution in [0.3, 0.4) is 0 Å². The lowest BCUT2D eigenvalue weighted by Gasteiger charge is -2.05. The van der Waals surface area contributed by atoms with Crippen molar-refractivity contribution < 1.29 is 14.0 Å². The smallest absolute Gasteiger partial charge is 0.305 e. The summed E-state index contributed by atoms with van der Waals surface area (Å²) in [6, 6.07) is 11.1. The summed E-state index contributed by atoms with van der Waals surface area (Å²) in [6.45, 7) is 0. The van der Waals surface area contributed by atoms with Crippen molar-refractivity contribution in [2.75, 3.05) is 0 Å². The number of rotatable bonds is 2. The van der Waals surface area contributed by atoms with E-state index in [1.807, 2.05) is 6.07 Å². The quantitative estimate of drug-likeness (QED) is 0.789. The minimum Gasteiger partial charge on any atom is -0.459 e. The minimum atomic E-state index is -0.560. The molecular weight excluding hydrogens is 246 g/mol. The van der Waals surface area contributed by atoms with Crippen molar-refractivity contribution in [2.45, 2.75) is 0 Å². The number of nitrogens with one attached hydrogen (secondary N) is 2. The van der Waals surface area contributed by atoms with E-state index in [-0.39, 0.29) is 11.3 Å². The molecule has 0 saturated carbocycles. The molecule has 0 aliphatic rings. The average Bonchev–Trinajstić information content (AvgIpc) is 2.98. The van der Waals surface area contributed by atoms with Gasteiger partial charge < -0.3 is 4.42 Å². The highest BCUT2D eigenvalue weighted by Gasteiger charge is 2.11. The molecule has 0 aliphatic carbocycles. The van der Waals surface area contributed by atoms with Crippen molar-refractivity contribution >= 4 is 11.8 Å². The molecule has 0 aliphatic heterocycles. The van der Waals surface area contributed by atoms with Gasteiger partial charge in [0.05, 0.1) is 17.9 Å². The Morgan fingerprint density at radius 1 is 1.11 bits per heavy atom. The molecule has 6 heteroatoms. The topological polar surface area (TPSA) is 95.1 Å². The fraction of sp³-hybridized carbons (Fsp3) is 0. The van der Waals surface area contributed by atoms with Crippen molar-refractivity contribution in [3.63, 3.8) is 0 Å². The lowest BCUT2D eigenvalue weighted by atomic mass is 10.1. The van der Waals surface area contributed by atoms with Crippen LogP contribution in [0.25, 0.3) is 0 Å². The van der Waals surface area contributed by atoms with Gasteiger partial charge in [-0.05, 0) is 30.3 Å². The Hall–Kier alpha value is -3.07. The fourth-order valence-electron chi connectivity index (χ4n) is 1.39. The van der Waals surface area contributed by atoms with Crippen LogP contribution in [0.4, 0.5) is 0 Å². The van der Waals surface area contributed by atoms with Gasteiger partial charge in [-0.25, -0.2) is 0 Å². The largest absolute Gasteiger partial charge is 0.459 e. The molecular formula is C13H9N3O3. The molecule has 0 atom stereocenters. The molecule has 0 saturated heterocycles. The summed E-state index contributed by atoms with van der Waals surface area (Å²) < 4.78 is 4.86. The number of hydrogen-bond donors (Lipinski definition) is 2. The SMILES string of the molecule is N#Cc1cccc(C(=O)NNC(=O)c2ccco2)c1. The first-order valence-electron chi connectivity index (χ1n) is 5.35. The molecule has 1 aromatic heterocycles. The Morgan fingerprint density at radius 3 is 2.58 bits per heavy atom. The second-order valence-electron chi connectivity index (χ2n) is 3.58. The van der Waals surface area contributed by atoms with Crippen LogP contribution in [-0.4, -0.2) is 11.8 Å². The molecule has 0 bridgehead atoms. The van der Waals surface area contributed by atoms with E-state index in [9.17, 15) is 9.59 Å². The summed E-state index contributed by atoms with van der Waals surface area (Å²) in [7, 11) is 0. The van der Waals surface area contributed by atoms with Crippen molar-refractivity contribution in [1.29, 1.82) is 5.26 Å². The zero-order valence-electron chi connectivity index (χ0n) is 9.71. The zero-order chi connectivity index (χ0) is 13.7. The van der Waals surface area contributed by atoms with E-state index in [1.165, 1.54) is 24.5 Å². The first-order chi connectivity index (χ1) is 9.20. The van der Waals surface area contributed by atoms with Crippen molar-refractivity contribution in [2.24, 2.45) is 0 Å². The zero-order valence-corrected chi connectivity index (χ0v) is 9.71. The molecule has 1 aromatic carbocycles. The number of amides is 2. The number of benzene rings is 1. The van der Waals surface area contributed by atoms with E-state index in [2.05, 4.69) is 10.9 Å². The molecule has 1 heterocycles. The highest BCUT2D eigenvalue weighted by molar-refractivity contribution is 5.98. The number of furan rings is 1. The van der Waals surface area contributed by atoms with E-state index in [0.717, 1.165) is 0 Å². The van der Waals surface area contributed by atoms with Gasteiger partial charge in [-0.1, -0.05) is 6.07 Å². The highest BCUT2D eigenvalue weighted by Crippen LogP contribution is 2.03. The maximum absolute atomic E-state index is 11.7. The number of nitrogens with zero attached hydrogens (tertiary/aromatic N) is 1.